The first-order chi connectivity index (χ1) is 7.19. The third-order valence-electron chi connectivity index (χ3n) is 2.27. The highest BCUT2D eigenvalue weighted by Gasteiger charge is 2.10. The molecule has 3 nitrogen and oxygen atoms in total. The van der Waals surface area contributed by atoms with E-state index in [-0.39, 0.29) is 6.09 Å². The van der Waals surface area contributed by atoms with Crippen LogP contribution in [0.15, 0.2) is 24.3 Å². The fourth-order valence-electron chi connectivity index (χ4n) is 1.28. The highest BCUT2D eigenvalue weighted by atomic mass is 16.6. The van der Waals surface area contributed by atoms with Crippen molar-refractivity contribution < 1.29 is 9.53 Å². The summed E-state index contributed by atoms with van der Waals surface area (Å²) in [5, 5.41) is 0. The van der Waals surface area contributed by atoms with Gasteiger partial charge in [-0.2, -0.15) is 0 Å². The minimum Gasteiger partial charge on any atom is -0.449 e. The lowest BCUT2D eigenvalue weighted by atomic mass is 10.1. The predicted octanol–water partition coefficient (Wildman–Crippen LogP) is 2.84. The number of ether oxygens (including phenoxy) is 1. The molecule has 1 amide bonds. The van der Waals surface area contributed by atoms with Gasteiger partial charge >= 0.3 is 6.09 Å². The predicted molar refractivity (Wildman–Crippen MR) is 61.2 cm³/mol. The van der Waals surface area contributed by atoms with Crippen LogP contribution in [0.5, 0.6) is 0 Å². The van der Waals surface area contributed by atoms with E-state index in [9.17, 15) is 4.79 Å². The molecule has 0 aliphatic rings. The van der Waals surface area contributed by atoms with E-state index in [0.717, 1.165) is 12.1 Å². The first kappa shape index (κ1) is 11.6. The van der Waals surface area contributed by atoms with Crippen LogP contribution in [-0.4, -0.2) is 19.7 Å². The van der Waals surface area contributed by atoms with Crippen LogP contribution in [0.3, 0.4) is 0 Å². The number of hydrogen-bond acceptors (Lipinski definition) is 2. The number of anilines is 1. The van der Waals surface area contributed by atoms with Gasteiger partial charge in [-0.25, -0.2) is 4.79 Å². The van der Waals surface area contributed by atoms with E-state index in [4.69, 9.17) is 4.74 Å². The third-order valence-corrected chi connectivity index (χ3v) is 2.27. The van der Waals surface area contributed by atoms with E-state index in [1.165, 1.54) is 10.5 Å². The monoisotopic (exact) mass is 207 g/mol. The molecule has 0 aliphatic carbocycles. The maximum atomic E-state index is 11.4. The van der Waals surface area contributed by atoms with Gasteiger partial charge in [0.2, 0.25) is 0 Å². The molecular formula is C12H17NO2. The number of rotatable bonds is 3. The summed E-state index contributed by atoms with van der Waals surface area (Å²) in [6.45, 7) is 4.30. The summed E-state index contributed by atoms with van der Waals surface area (Å²) in [6.07, 6.45) is 0.686. The summed E-state index contributed by atoms with van der Waals surface area (Å²) in [5.74, 6) is 0. The van der Waals surface area contributed by atoms with Crippen LogP contribution in [-0.2, 0) is 11.2 Å². The molecule has 3 heteroatoms. The molecule has 82 valence electrons. The van der Waals surface area contributed by atoms with Crippen molar-refractivity contribution in [3.63, 3.8) is 0 Å². The van der Waals surface area contributed by atoms with Gasteiger partial charge in [-0.1, -0.05) is 19.1 Å². The summed E-state index contributed by atoms with van der Waals surface area (Å²) in [6, 6.07) is 7.89. The molecule has 1 aromatic carbocycles. The van der Waals surface area contributed by atoms with Gasteiger partial charge in [0.25, 0.3) is 0 Å². The fourth-order valence-corrected chi connectivity index (χ4v) is 1.28. The lowest BCUT2D eigenvalue weighted by Gasteiger charge is -2.16. The van der Waals surface area contributed by atoms with Crippen molar-refractivity contribution in [3.8, 4) is 0 Å². The standard InChI is InChI=1S/C12H17NO2/c1-4-10-6-8-11(9-7-10)13(3)12(14)15-5-2/h6-9H,4-5H2,1-3H3. The van der Waals surface area contributed by atoms with Gasteiger partial charge in [-0.3, -0.25) is 4.90 Å². The number of nitrogens with zero attached hydrogens (tertiary/aromatic N) is 1. The largest absolute Gasteiger partial charge is 0.449 e. The summed E-state index contributed by atoms with van der Waals surface area (Å²) in [4.78, 5) is 12.9. The van der Waals surface area contributed by atoms with Gasteiger partial charge in [-0.15, -0.1) is 0 Å². The Morgan fingerprint density at radius 2 is 1.87 bits per heavy atom. The van der Waals surface area contributed by atoms with E-state index in [1.807, 2.05) is 24.3 Å². The van der Waals surface area contributed by atoms with E-state index >= 15 is 0 Å². The van der Waals surface area contributed by atoms with Crippen molar-refractivity contribution in [1.82, 2.24) is 0 Å². The Kier molecular flexibility index (Phi) is 4.16. The molecule has 0 aliphatic heterocycles. The van der Waals surface area contributed by atoms with E-state index in [1.54, 1.807) is 14.0 Å². The normalized spacial score (nSPS) is 9.80. The Labute approximate surface area is 90.7 Å². The maximum absolute atomic E-state index is 11.4. The second-order valence-electron chi connectivity index (χ2n) is 3.28. The number of aryl methyl sites for hydroxylation is 1. The molecule has 0 atom stereocenters. The van der Waals surface area contributed by atoms with Gasteiger partial charge in [-0.05, 0) is 31.0 Å². The fraction of sp³-hybridized carbons (Fsp3) is 0.417. The van der Waals surface area contributed by atoms with Crippen LogP contribution < -0.4 is 4.90 Å². The van der Waals surface area contributed by atoms with Crippen LogP contribution >= 0.6 is 0 Å². The lowest BCUT2D eigenvalue weighted by molar-refractivity contribution is 0.161. The minimum absolute atomic E-state index is 0.318. The van der Waals surface area contributed by atoms with E-state index in [0.29, 0.717) is 6.61 Å². The first-order valence-electron chi connectivity index (χ1n) is 5.18. The number of carbonyl (C=O) groups excluding carboxylic acids is 1. The molecule has 0 aromatic heterocycles. The third kappa shape index (κ3) is 2.98. The lowest BCUT2D eigenvalue weighted by Crippen LogP contribution is -2.26. The average molecular weight is 207 g/mol. The molecule has 0 saturated carbocycles. The molecule has 15 heavy (non-hydrogen) atoms. The summed E-state index contributed by atoms with van der Waals surface area (Å²) >= 11 is 0. The number of hydrogen-bond donors (Lipinski definition) is 0. The van der Waals surface area contributed by atoms with Gasteiger partial charge in [0.1, 0.15) is 0 Å². The Bertz CT molecular complexity index is 319. The van der Waals surface area contributed by atoms with E-state index in [2.05, 4.69) is 6.92 Å². The Morgan fingerprint density at radius 1 is 1.27 bits per heavy atom. The molecule has 1 aromatic rings. The Morgan fingerprint density at radius 3 is 2.33 bits per heavy atom. The Balaban J connectivity index is 2.73. The average Bonchev–Trinajstić information content (AvgIpc) is 2.28. The maximum Gasteiger partial charge on any atom is 0.413 e. The molecule has 0 radical (unpaired) electrons. The molecule has 0 spiro atoms. The zero-order valence-electron chi connectivity index (χ0n) is 9.49. The highest BCUT2D eigenvalue weighted by molar-refractivity contribution is 5.86. The molecule has 0 N–H and O–H groups in total. The highest BCUT2D eigenvalue weighted by Crippen LogP contribution is 2.14. The van der Waals surface area contributed by atoms with Crippen molar-refractivity contribution in [1.29, 1.82) is 0 Å². The smallest absolute Gasteiger partial charge is 0.413 e. The quantitative estimate of drug-likeness (QED) is 0.762. The zero-order chi connectivity index (χ0) is 11.3. The van der Waals surface area contributed by atoms with Crippen molar-refractivity contribution in [2.24, 2.45) is 0 Å². The van der Waals surface area contributed by atoms with Crippen LogP contribution in [0, 0.1) is 0 Å². The molecule has 0 bridgehead atoms. The van der Waals surface area contributed by atoms with Crippen LogP contribution in [0.1, 0.15) is 19.4 Å². The molecular weight excluding hydrogens is 190 g/mol. The number of amides is 1. The van der Waals surface area contributed by atoms with Gasteiger partial charge in [0, 0.05) is 12.7 Å². The van der Waals surface area contributed by atoms with Crippen LogP contribution in [0.25, 0.3) is 0 Å². The van der Waals surface area contributed by atoms with Crippen LogP contribution in [0.2, 0.25) is 0 Å². The zero-order valence-corrected chi connectivity index (χ0v) is 9.49. The van der Waals surface area contributed by atoms with Crippen molar-refractivity contribution in [2.75, 3.05) is 18.6 Å². The Hall–Kier alpha value is -1.51. The molecule has 0 fully saturated rings. The molecule has 0 unspecified atom stereocenters. The van der Waals surface area contributed by atoms with Gasteiger partial charge in [0.15, 0.2) is 0 Å². The van der Waals surface area contributed by atoms with Crippen molar-refractivity contribution >= 4 is 11.8 Å². The second-order valence-corrected chi connectivity index (χ2v) is 3.28. The summed E-state index contributed by atoms with van der Waals surface area (Å²) in [5.41, 5.74) is 2.11. The van der Waals surface area contributed by atoms with E-state index < -0.39 is 0 Å². The molecule has 1 rings (SSSR count). The molecule has 0 heterocycles. The van der Waals surface area contributed by atoms with Gasteiger partial charge in [0.05, 0.1) is 6.61 Å². The first-order valence-corrected chi connectivity index (χ1v) is 5.18. The van der Waals surface area contributed by atoms with Crippen LogP contribution in [0.4, 0.5) is 10.5 Å². The van der Waals surface area contributed by atoms with Gasteiger partial charge < -0.3 is 4.74 Å². The second kappa shape index (κ2) is 5.39. The minimum atomic E-state index is -0.318. The van der Waals surface area contributed by atoms with Crippen molar-refractivity contribution in [3.05, 3.63) is 29.8 Å². The SMILES string of the molecule is CCOC(=O)N(C)c1ccc(CC)cc1. The van der Waals surface area contributed by atoms with Crippen molar-refractivity contribution in [2.45, 2.75) is 20.3 Å². The topological polar surface area (TPSA) is 29.5 Å². The molecule has 0 saturated heterocycles. The summed E-state index contributed by atoms with van der Waals surface area (Å²) < 4.78 is 4.90. The summed E-state index contributed by atoms with van der Waals surface area (Å²) in [7, 11) is 1.71. The number of carbonyl (C=O) groups is 1. The number of benzene rings is 1.